The molecule has 2 heterocycles. The maximum Gasteiger partial charge on any atom is 0.142 e. The van der Waals surface area contributed by atoms with Gasteiger partial charge in [0, 0.05) is 11.3 Å². The summed E-state index contributed by atoms with van der Waals surface area (Å²) < 4.78 is 0. The van der Waals surface area contributed by atoms with E-state index >= 15 is 0 Å². The molecule has 0 atom stereocenters. The smallest absolute Gasteiger partial charge is 0.142 e. The largest absolute Gasteiger partial charge is 0.330 e. The van der Waals surface area contributed by atoms with Gasteiger partial charge in [0.2, 0.25) is 0 Å². The number of aryl methyl sites for hydroxylation is 1. The van der Waals surface area contributed by atoms with E-state index in [-0.39, 0.29) is 0 Å². The Labute approximate surface area is 106 Å². The minimum Gasteiger partial charge on any atom is -0.330 e. The third kappa shape index (κ3) is 1.93. The van der Waals surface area contributed by atoms with E-state index < -0.39 is 0 Å². The number of nitrogens with zero attached hydrogens (tertiary/aromatic N) is 2. The van der Waals surface area contributed by atoms with E-state index in [0.29, 0.717) is 11.1 Å². The summed E-state index contributed by atoms with van der Waals surface area (Å²) in [6, 6.07) is 1.92. The van der Waals surface area contributed by atoms with Crippen molar-refractivity contribution in [2.75, 3.05) is 0 Å². The van der Waals surface area contributed by atoms with Gasteiger partial charge in [-0.2, -0.15) is 0 Å². The van der Waals surface area contributed by atoms with Gasteiger partial charge in [0.25, 0.3) is 0 Å². The SMILES string of the molecule is CCc1nc(C2CCCC2)nc2[nH]c(Cl)cc12. The van der Waals surface area contributed by atoms with Crippen molar-refractivity contribution < 1.29 is 0 Å². The Hall–Kier alpha value is -1.09. The van der Waals surface area contributed by atoms with E-state index in [1.807, 2.05) is 6.07 Å². The molecule has 90 valence electrons. The van der Waals surface area contributed by atoms with Crippen LogP contribution in [-0.2, 0) is 6.42 Å². The summed E-state index contributed by atoms with van der Waals surface area (Å²) in [5.74, 6) is 1.55. The molecule has 4 heteroatoms. The van der Waals surface area contributed by atoms with Gasteiger partial charge < -0.3 is 4.98 Å². The van der Waals surface area contributed by atoms with Crippen LogP contribution in [0.4, 0.5) is 0 Å². The van der Waals surface area contributed by atoms with Crippen molar-refractivity contribution in [3.8, 4) is 0 Å². The number of nitrogens with one attached hydrogen (secondary N) is 1. The fraction of sp³-hybridized carbons (Fsp3) is 0.538. The molecule has 0 unspecified atom stereocenters. The van der Waals surface area contributed by atoms with Crippen molar-refractivity contribution in [1.29, 1.82) is 0 Å². The van der Waals surface area contributed by atoms with Gasteiger partial charge >= 0.3 is 0 Å². The van der Waals surface area contributed by atoms with E-state index in [0.717, 1.165) is 29.0 Å². The Morgan fingerprint density at radius 2 is 2.12 bits per heavy atom. The summed E-state index contributed by atoms with van der Waals surface area (Å²) in [7, 11) is 0. The highest BCUT2D eigenvalue weighted by Gasteiger charge is 2.21. The van der Waals surface area contributed by atoms with Crippen LogP contribution in [0.2, 0.25) is 5.15 Å². The second kappa shape index (κ2) is 4.30. The van der Waals surface area contributed by atoms with Crippen LogP contribution in [0.1, 0.15) is 50.0 Å². The normalized spacial score (nSPS) is 17.1. The molecule has 3 rings (SSSR count). The maximum absolute atomic E-state index is 6.00. The van der Waals surface area contributed by atoms with Crippen molar-refractivity contribution in [2.24, 2.45) is 0 Å². The van der Waals surface area contributed by atoms with E-state index in [2.05, 4.69) is 16.9 Å². The molecule has 3 nitrogen and oxygen atoms in total. The van der Waals surface area contributed by atoms with Gasteiger partial charge in [-0.3, -0.25) is 0 Å². The Kier molecular flexibility index (Phi) is 2.79. The second-order valence-electron chi connectivity index (χ2n) is 4.74. The molecule has 0 bridgehead atoms. The zero-order valence-corrected chi connectivity index (χ0v) is 10.7. The van der Waals surface area contributed by atoms with Gasteiger partial charge in [0.15, 0.2) is 0 Å². The number of aromatic amines is 1. The number of fused-ring (bicyclic) bond motifs is 1. The lowest BCUT2D eigenvalue weighted by Crippen LogP contribution is -2.03. The van der Waals surface area contributed by atoms with E-state index in [9.17, 15) is 0 Å². The minimum absolute atomic E-state index is 0.548. The fourth-order valence-corrected chi connectivity index (χ4v) is 2.89. The molecule has 17 heavy (non-hydrogen) atoms. The third-order valence-corrected chi connectivity index (χ3v) is 3.81. The molecule has 0 radical (unpaired) electrons. The van der Waals surface area contributed by atoms with Gasteiger partial charge in [-0.05, 0) is 25.3 Å². The summed E-state index contributed by atoms with van der Waals surface area (Å²) in [5.41, 5.74) is 2.00. The minimum atomic E-state index is 0.548. The predicted molar refractivity (Wildman–Crippen MR) is 69.5 cm³/mol. The van der Waals surface area contributed by atoms with Crippen LogP contribution in [0.3, 0.4) is 0 Å². The van der Waals surface area contributed by atoms with Crippen LogP contribution >= 0.6 is 11.6 Å². The van der Waals surface area contributed by atoms with Crippen LogP contribution in [0.15, 0.2) is 6.07 Å². The zero-order valence-electron chi connectivity index (χ0n) is 9.96. The van der Waals surface area contributed by atoms with Crippen molar-refractivity contribution in [3.63, 3.8) is 0 Å². The topological polar surface area (TPSA) is 41.6 Å². The average molecular weight is 250 g/mol. The highest BCUT2D eigenvalue weighted by atomic mass is 35.5. The van der Waals surface area contributed by atoms with Crippen molar-refractivity contribution in [2.45, 2.75) is 44.9 Å². The van der Waals surface area contributed by atoms with Crippen LogP contribution < -0.4 is 0 Å². The first-order chi connectivity index (χ1) is 8.28. The van der Waals surface area contributed by atoms with Gasteiger partial charge in [0.1, 0.15) is 16.6 Å². The molecule has 2 aromatic heterocycles. The Morgan fingerprint density at radius 1 is 1.35 bits per heavy atom. The summed E-state index contributed by atoms with van der Waals surface area (Å²) in [6.07, 6.45) is 5.98. The lowest BCUT2D eigenvalue weighted by atomic mass is 10.1. The van der Waals surface area contributed by atoms with E-state index in [4.69, 9.17) is 16.6 Å². The number of hydrogen-bond donors (Lipinski definition) is 1. The van der Waals surface area contributed by atoms with Crippen LogP contribution in [0.5, 0.6) is 0 Å². The molecule has 0 spiro atoms. The Bertz CT molecular complexity index is 541. The van der Waals surface area contributed by atoms with Gasteiger partial charge in [-0.15, -0.1) is 0 Å². The van der Waals surface area contributed by atoms with Crippen LogP contribution in [-0.4, -0.2) is 15.0 Å². The standard InChI is InChI=1S/C13H16ClN3/c1-2-10-9-7-11(14)16-13(9)17-12(15-10)8-5-3-4-6-8/h7-8H,2-6H2,1H3,(H,15,16,17). The highest BCUT2D eigenvalue weighted by Crippen LogP contribution is 2.33. The third-order valence-electron chi connectivity index (χ3n) is 3.61. The van der Waals surface area contributed by atoms with Gasteiger partial charge in [-0.1, -0.05) is 31.4 Å². The fourth-order valence-electron chi connectivity index (χ4n) is 2.69. The summed E-state index contributed by atoms with van der Waals surface area (Å²) in [6.45, 7) is 2.13. The maximum atomic E-state index is 6.00. The Morgan fingerprint density at radius 3 is 2.82 bits per heavy atom. The first-order valence-corrected chi connectivity index (χ1v) is 6.70. The van der Waals surface area contributed by atoms with Crippen LogP contribution in [0, 0.1) is 0 Å². The molecule has 2 aromatic rings. The molecular formula is C13H16ClN3. The predicted octanol–water partition coefficient (Wildman–Crippen LogP) is 3.83. The van der Waals surface area contributed by atoms with E-state index in [1.165, 1.54) is 25.7 Å². The summed E-state index contributed by atoms with van der Waals surface area (Å²) in [5, 5.41) is 1.71. The molecule has 1 fully saturated rings. The lowest BCUT2D eigenvalue weighted by molar-refractivity contribution is 0.666. The molecule has 0 saturated heterocycles. The number of H-pyrrole nitrogens is 1. The molecule has 1 N–H and O–H groups in total. The monoisotopic (exact) mass is 249 g/mol. The molecule has 0 amide bonds. The number of hydrogen-bond acceptors (Lipinski definition) is 2. The van der Waals surface area contributed by atoms with Gasteiger partial charge in [0.05, 0.1) is 5.69 Å². The molecule has 1 aliphatic rings. The highest BCUT2D eigenvalue weighted by molar-refractivity contribution is 6.30. The number of rotatable bonds is 2. The quantitative estimate of drug-likeness (QED) is 0.879. The van der Waals surface area contributed by atoms with Crippen molar-refractivity contribution in [3.05, 3.63) is 22.7 Å². The van der Waals surface area contributed by atoms with Crippen molar-refractivity contribution in [1.82, 2.24) is 15.0 Å². The summed E-state index contributed by atoms with van der Waals surface area (Å²) in [4.78, 5) is 12.5. The molecule has 0 aliphatic heterocycles. The lowest BCUT2D eigenvalue weighted by Gasteiger charge is -2.09. The second-order valence-corrected chi connectivity index (χ2v) is 5.15. The zero-order chi connectivity index (χ0) is 11.8. The van der Waals surface area contributed by atoms with Crippen molar-refractivity contribution >= 4 is 22.6 Å². The number of aromatic nitrogens is 3. The summed E-state index contributed by atoms with van der Waals surface area (Å²) >= 11 is 6.00. The number of halogens is 1. The molecular weight excluding hydrogens is 234 g/mol. The molecule has 1 aliphatic carbocycles. The molecule has 0 aromatic carbocycles. The van der Waals surface area contributed by atoms with Gasteiger partial charge in [-0.25, -0.2) is 9.97 Å². The first kappa shape index (κ1) is 11.0. The first-order valence-electron chi connectivity index (χ1n) is 6.33. The van der Waals surface area contributed by atoms with Crippen LogP contribution in [0.25, 0.3) is 11.0 Å². The van der Waals surface area contributed by atoms with E-state index in [1.54, 1.807) is 0 Å². The Balaban J connectivity index is 2.13. The average Bonchev–Trinajstić information content (AvgIpc) is 2.94. The molecule has 1 saturated carbocycles.